The third-order valence-corrected chi connectivity index (χ3v) is 3.49. The Morgan fingerprint density at radius 1 is 1.30 bits per heavy atom. The zero-order valence-corrected chi connectivity index (χ0v) is 13.3. The first-order chi connectivity index (χ1) is 11.0. The zero-order chi connectivity index (χ0) is 16.8. The molecule has 0 aliphatic carbocycles. The molecule has 0 unspecified atom stereocenters. The summed E-state index contributed by atoms with van der Waals surface area (Å²) >= 11 is 11.8. The van der Waals surface area contributed by atoms with Gasteiger partial charge >= 0.3 is 5.88 Å². The maximum Gasteiger partial charge on any atom is 0.433 e. The molecule has 2 aromatic rings. The number of furan rings is 1. The van der Waals surface area contributed by atoms with Gasteiger partial charge in [0.15, 0.2) is 0 Å². The van der Waals surface area contributed by atoms with Crippen LogP contribution in [0, 0.1) is 10.1 Å². The van der Waals surface area contributed by atoms with E-state index in [4.69, 9.17) is 27.6 Å². The molecule has 1 aromatic heterocycles. The van der Waals surface area contributed by atoms with Crippen LogP contribution in [0.3, 0.4) is 0 Å². The summed E-state index contributed by atoms with van der Waals surface area (Å²) in [6, 6.07) is 7.81. The van der Waals surface area contributed by atoms with Crippen LogP contribution in [-0.4, -0.2) is 17.4 Å². The molecule has 1 N–H and O–H groups in total. The normalized spacial score (nSPS) is 10.9. The van der Waals surface area contributed by atoms with E-state index in [1.807, 2.05) is 0 Å². The maximum atomic E-state index is 11.7. The third kappa shape index (κ3) is 5.12. The van der Waals surface area contributed by atoms with Gasteiger partial charge in [-0.25, -0.2) is 0 Å². The van der Waals surface area contributed by atoms with Gasteiger partial charge in [-0.15, -0.1) is 0 Å². The van der Waals surface area contributed by atoms with Gasteiger partial charge in [0, 0.05) is 22.7 Å². The number of carbonyl (C=O) groups is 1. The highest BCUT2D eigenvalue weighted by molar-refractivity contribution is 6.35. The fourth-order valence-corrected chi connectivity index (χ4v) is 2.29. The Bertz CT molecular complexity index is 756. The van der Waals surface area contributed by atoms with E-state index in [1.165, 1.54) is 24.3 Å². The summed E-state index contributed by atoms with van der Waals surface area (Å²) in [7, 11) is 0. The molecule has 1 amide bonds. The monoisotopic (exact) mass is 354 g/mol. The molecular formula is C15H12Cl2N2O4. The van der Waals surface area contributed by atoms with Crippen molar-refractivity contribution in [2.45, 2.75) is 6.42 Å². The topological polar surface area (TPSA) is 85.4 Å². The smallest absolute Gasteiger partial charge is 0.401 e. The third-order valence-electron chi connectivity index (χ3n) is 2.90. The molecule has 0 fully saturated rings. The van der Waals surface area contributed by atoms with Crippen LogP contribution in [0.4, 0.5) is 5.88 Å². The lowest BCUT2D eigenvalue weighted by molar-refractivity contribution is -0.402. The molecule has 23 heavy (non-hydrogen) atoms. The largest absolute Gasteiger partial charge is 0.433 e. The summed E-state index contributed by atoms with van der Waals surface area (Å²) in [5, 5.41) is 14.2. The second-order valence-corrected chi connectivity index (χ2v) is 5.39. The second-order valence-electron chi connectivity index (χ2n) is 4.54. The van der Waals surface area contributed by atoms with Gasteiger partial charge in [-0.05, 0) is 36.3 Å². The Morgan fingerprint density at radius 2 is 2.09 bits per heavy atom. The van der Waals surface area contributed by atoms with Crippen LogP contribution in [0.1, 0.15) is 11.3 Å². The molecule has 2 rings (SSSR count). The predicted octanol–water partition coefficient (Wildman–Crippen LogP) is 3.87. The number of nitrogens with zero attached hydrogens (tertiary/aromatic N) is 1. The molecule has 0 aliphatic heterocycles. The Labute approximate surface area is 141 Å². The van der Waals surface area contributed by atoms with Crippen molar-refractivity contribution >= 4 is 41.1 Å². The van der Waals surface area contributed by atoms with Gasteiger partial charge in [-0.2, -0.15) is 0 Å². The standard InChI is InChI=1S/C15H12Cl2N2O4/c16-11-2-1-10(13(17)9-11)7-8-18-14(20)5-3-12-4-6-15(23-12)19(21)22/h1-6,9H,7-8H2,(H,18,20)/b5-3+. The molecule has 0 spiro atoms. The maximum absolute atomic E-state index is 11.7. The van der Waals surface area contributed by atoms with E-state index in [0.717, 1.165) is 5.56 Å². The van der Waals surface area contributed by atoms with Crippen molar-refractivity contribution in [3.05, 3.63) is 67.9 Å². The summed E-state index contributed by atoms with van der Waals surface area (Å²) in [6.07, 6.45) is 3.16. The molecule has 0 atom stereocenters. The highest BCUT2D eigenvalue weighted by Gasteiger charge is 2.10. The van der Waals surface area contributed by atoms with Crippen molar-refractivity contribution in [1.82, 2.24) is 5.32 Å². The van der Waals surface area contributed by atoms with Crippen LogP contribution in [-0.2, 0) is 11.2 Å². The lowest BCUT2D eigenvalue weighted by Gasteiger charge is -2.05. The first kappa shape index (κ1) is 17.1. The van der Waals surface area contributed by atoms with Gasteiger partial charge in [0.2, 0.25) is 5.91 Å². The summed E-state index contributed by atoms with van der Waals surface area (Å²) in [5.41, 5.74) is 0.877. The van der Waals surface area contributed by atoms with E-state index in [9.17, 15) is 14.9 Å². The molecule has 1 aromatic carbocycles. The first-order valence-electron chi connectivity index (χ1n) is 6.60. The minimum Gasteiger partial charge on any atom is -0.401 e. The fourth-order valence-electron chi connectivity index (χ4n) is 1.79. The van der Waals surface area contributed by atoms with E-state index in [1.54, 1.807) is 18.2 Å². The lowest BCUT2D eigenvalue weighted by atomic mass is 10.1. The van der Waals surface area contributed by atoms with Gasteiger partial charge < -0.3 is 9.73 Å². The van der Waals surface area contributed by atoms with Crippen LogP contribution in [0.5, 0.6) is 0 Å². The number of halogens is 2. The van der Waals surface area contributed by atoms with Crippen molar-refractivity contribution in [3.8, 4) is 0 Å². The van der Waals surface area contributed by atoms with E-state index >= 15 is 0 Å². The second kappa shape index (κ2) is 7.80. The van der Waals surface area contributed by atoms with Crippen molar-refractivity contribution in [2.75, 3.05) is 6.54 Å². The lowest BCUT2D eigenvalue weighted by Crippen LogP contribution is -2.23. The number of rotatable bonds is 6. The molecule has 8 heteroatoms. The van der Waals surface area contributed by atoms with Gasteiger partial charge in [-0.1, -0.05) is 29.3 Å². The first-order valence-corrected chi connectivity index (χ1v) is 7.35. The van der Waals surface area contributed by atoms with E-state index in [-0.39, 0.29) is 17.6 Å². The molecule has 0 radical (unpaired) electrons. The van der Waals surface area contributed by atoms with Crippen molar-refractivity contribution in [3.63, 3.8) is 0 Å². The van der Waals surface area contributed by atoms with Gasteiger partial charge in [0.05, 0.1) is 6.07 Å². The van der Waals surface area contributed by atoms with E-state index in [0.29, 0.717) is 23.0 Å². The number of nitro groups is 1. The summed E-state index contributed by atoms with van der Waals surface area (Å²) in [5.74, 6) is -0.482. The number of amides is 1. The predicted molar refractivity (Wildman–Crippen MR) is 87.6 cm³/mol. The van der Waals surface area contributed by atoms with Crippen LogP contribution in [0.15, 0.2) is 40.8 Å². The minimum absolute atomic E-state index is 0.229. The minimum atomic E-state index is -0.646. The average Bonchev–Trinajstić information content (AvgIpc) is 2.96. The van der Waals surface area contributed by atoms with E-state index in [2.05, 4.69) is 5.32 Å². The number of hydrogen-bond acceptors (Lipinski definition) is 4. The van der Waals surface area contributed by atoms with E-state index < -0.39 is 4.92 Å². The Morgan fingerprint density at radius 3 is 2.74 bits per heavy atom. The number of benzene rings is 1. The molecule has 0 bridgehead atoms. The molecule has 0 aliphatic rings. The average molecular weight is 355 g/mol. The molecule has 0 saturated heterocycles. The Balaban J connectivity index is 1.82. The van der Waals surface area contributed by atoms with Gasteiger partial charge in [0.25, 0.3) is 0 Å². The molecule has 0 saturated carbocycles. The fraction of sp³-hybridized carbons (Fsp3) is 0.133. The van der Waals surface area contributed by atoms with Crippen molar-refractivity contribution in [2.24, 2.45) is 0 Å². The molecule has 1 heterocycles. The zero-order valence-electron chi connectivity index (χ0n) is 11.8. The SMILES string of the molecule is O=C(/C=C/c1ccc([N+](=O)[O-])o1)NCCc1ccc(Cl)cc1Cl. The Kier molecular flexibility index (Phi) is 5.78. The van der Waals surface area contributed by atoms with Crippen LogP contribution >= 0.6 is 23.2 Å². The Hall–Kier alpha value is -2.31. The molecular weight excluding hydrogens is 343 g/mol. The van der Waals surface area contributed by atoms with Crippen molar-refractivity contribution < 1.29 is 14.1 Å². The summed E-state index contributed by atoms with van der Waals surface area (Å²) in [6.45, 7) is 0.392. The number of nitrogens with one attached hydrogen (secondary N) is 1. The molecule has 6 nitrogen and oxygen atoms in total. The van der Waals surface area contributed by atoms with Gasteiger partial charge in [0.1, 0.15) is 10.7 Å². The number of hydrogen-bond donors (Lipinski definition) is 1. The quantitative estimate of drug-likeness (QED) is 0.484. The van der Waals surface area contributed by atoms with Gasteiger partial charge in [-0.3, -0.25) is 14.9 Å². The summed E-state index contributed by atoms with van der Waals surface area (Å²) < 4.78 is 4.90. The van der Waals surface area contributed by atoms with Crippen molar-refractivity contribution in [1.29, 1.82) is 0 Å². The summed E-state index contributed by atoms with van der Waals surface area (Å²) in [4.78, 5) is 21.5. The highest BCUT2D eigenvalue weighted by atomic mass is 35.5. The molecule has 120 valence electrons. The van der Waals surface area contributed by atoms with Crippen LogP contribution in [0.2, 0.25) is 10.0 Å². The van der Waals surface area contributed by atoms with Crippen LogP contribution < -0.4 is 5.32 Å². The number of carbonyl (C=O) groups excluding carboxylic acids is 1. The van der Waals surface area contributed by atoms with Crippen LogP contribution in [0.25, 0.3) is 6.08 Å². The highest BCUT2D eigenvalue weighted by Crippen LogP contribution is 2.21.